The number of halogens is 1. The second-order valence-electron chi connectivity index (χ2n) is 11.2. The van der Waals surface area contributed by atoms with Crippen molar-refractivity contribution in [2.75, 3.05) is 23.3 Å². The van der Waals surface area contributed by atoms with Gasteiger partial charge < -0.3 is 25.6 Å². The molecule has 0 spiro atoms. The highest BCUT2D eigenvalue weighted by atomic mass is 35.5. The number of amides is 3. The molecule has 0 bridgehead atoms. The zero-order chi connectivity index (χ0) is 29.7. The minimum absolute atomic E-state index is 0.00364. The van der Waals surface area contributed by atoms with Crippen molar-refractivity contribution in [3.8, 4) is 11.1 Å². The molecule has 216 valence electrons. The Hall–Kier alpha value is -4.04. The summed E-state index contributed by atoms with van der Waals surface area (Å²) in [5.41, 5.74) is 4.76. The number of alkyl carbamates (subject to hydrolysis) is 1. The number of ether oxygens (including phenoxy) is 1. The maximum Gasteiger partial charge on any atom is 0.407 e. The highest BCUT2D eigenvalue weighted by Crippen LogP contribution is 2.41. The van der Waals surface area contributed by atoms with E-state index in [0.717, 1.165) is 34.5 Å². The predicted molar refractivity (Wildman–Crippen MR) is 164 cm³/mol. The highest BCUT2D eigenvalue weighted by molar-refractivity contribution is 6.30. The molecule has 9 heteroatoms. The molecule has 2 atom stereocenters. The third-order valence-corrected chi connectivity index (χ3v) is 7.02. The van der Waals surface area contributed by atoms with Gasteiger partial charge in [-0.25, -0.2) is 4.79 Å². The predicted octanol–water partition coefficient (Wildman–Crippen LogP) is 6.56. The average Bonchev–Trinajstić information content (AvgIpc) is 2.91. The first-order valence-electron chi connectivity index (χ1n) is 13.7. The molecular formula is C32H37ClN4O4. The first-order chi connectivity index (χ1) is 19.4. The summed E-state index contributed by atoms with van der Waals surface area (Å²) in [5, 5.41) is 9.72. The number of nitrogens with one attached hydrogen (secondary N) is 3. The van der Waals surface area contributed by atoms with E-state index in [1.54, 1.807) is 39.8 Å². The normalized spacial score (nSPS) is 16.4. The van der Waals surface area contributed by atoms with Crippen LogP contribution in [0.1, 0.15) is 63.0 Å². The van der Waals surface area contributed by atoms with Gasteiger partial charge in [-0.3, -0.25) is 9.59 Å². The van der Waals surface area contributed by atoms with Crippen LogP contribution in [0.3, 0.4) is 0 Å². The molecule has 8 nitrogen and oxygen atoms in total. The molecule has 3 aromatic carbocycles. The number of hydrogen-bond donors (Lipinski definition) is 3. The van der Waals surface area contributed by atoms with Crippen LogP contribution in [-0.4, -0.2) is 42.6 Å². The number of nitrogens with zero attached hydrogens (tertiary/aromatic N) is 1. The number of fused-ring (bicyclic) bond motifs is 1. The molecule has 0 radical (unpaired) electrons. The lowest BCUT2D eigenvalue weighted by molar-refractivity contribution is -0.117. The molecule has 3 aromatic rings. The number of anilines is 2. The second-order valence-corrected chi connectivity index (χ2v) is 11.6. The monoisotopic (exact) mass is 576 g/mol. The highest BCUT2D eigenvalue weighted by Gasteiger charge is 2.32. The van der Waals surface area contributed by atoms with Crippen LogP contribution in [0.2, 0.25) is 5.02 Å². The Kier molecular flexibility index (Phi) is 9.23. The van der Waals surface area contributed by atoms with E-state index in [4.69, 9.17) is 16.3 Å². The molecule has 0 saturated heterocycles. The molecule has 41 heavy (non-hydrogen) atoms. The van der Waals surface area contributed by atoms with Crippen molar-refractivity contribution in [3.63, 3.8) is 0 Å². The Balaban J connectivity index is 1.47. The van der Waals surface area contributed by atoms with E-state index in [-0.39, 0.29) is 37.0 Å². The maximum absolute atomic E-state index is 12.6. The Bertz CT molecular complexity index is 1400. The van der Waals surface area contributed by atoms with Gasteiger partial charge in [-0.05, 0) is 99.3 Å². The number of carbonyl (C=O) groups excluding carboxylic acids is 3. The van der Waals surface area contributed by atoms with E-state index in [9.17, 15) is 14.4 Å². The van der Waals surface area contributed by atoms with Crippen LogP contribution in [0.4, 0.5) is 16.2 Å². The molecule has 1 heterocycles. The summed E-state index contributed by atoms with van der Waals surface area (Å²) in [6.07, 6.45) is 0.230. The van der Waals surface area contributed by atoms with Gasteiger partial charge in [0.2, 0.25) is 5.91 Å². The molecule has 1 aliphatic heterocycles. The van der Waals surface area contributed by atoms with Crippen LogP contribution in [0, 0.1) is 0 Å². The van der Waals surface area contributed by atoms with Gasteiger partial charge in [0.25, 0.3) is 5.91 Å². The maximum atomic E-state index is 12.6. The minimum atomic E-state index is -0.577. The van der Waals surface area contributed by atoms with E-state index in [1.165, 1.54) is 0 Å². The molecule has 4 rings (SSSR count). The third kappa shape index (κ3) is 7.79. The van der Waals surface area contributed by atoms with E-state index >= 15 is 0 Å². The van der Waals surface area contributed by atoms with Crippen LogP contribution >= 0.6 is 11.6 Å². The van der Waals surface area contributed by atoms with Crippen molar-refractivity contribution in [1.82, 2.24) is 10.6 Å². The molecule has 0 aliphatic carbocycles. The van der Waals surface area contributed by atoms with Crippen LogP contribution in [0.15, 0.2) is 66.7 Å². The fourth-order valence-electron chi connectivity index (χ4n) is 4.98. The van der Waals surface area contributed by atoms with Crippen molar-refractivity contribution in [1.29, 1.82) is 0 Å². The van der Waals surface area contributed by atoms with E-state index in [2.05, 4.69) is 28.9 Å². The fourth-order valence-corrected chi connectivity index (χ4v) is 5.10. The molecule has 2 unspecified atom stereocenters. The van der Waals surface area contributed by atoms with Gasteiger partial charge in [0.05, 0.1) is 6.04 Å². The van der Waals surface area contributed by atoms with Crippen molar-refractivity contribution in [2.45, 2.75) is 58.7 Å². The lowest BCUT2D eigenvalue weighted by atomic mass is 9.88. The van der Waals surface area contributed by atoms with E-state index in [0.29, 0.717) is 10.6 Å². The fraction of sp³-hybridized carbons (Fsp3) is 0.344. The summed E-state index contributed by atoms with van der Waals surface area (Å²) in [5.74, 6) is -0.223. The Morgan fingerprint density at radius 2 is 1.56 bits per heavy atom. The largest absolute Gasteiger partial charge is 0.444 e. The SMILES string of the molecule is CC(=O)N1c2ccc(-c3ccc(C(=O)NCCNC(=O)OC(C)(C)C)cc3)cc2C(Nc2ccc(Cl)cc2)CC1C. The first kappa shape index (κ1) is 29.9. The zero-order valence-corrected chi connectivity index (χ0v) is 24.8. The van der Waals surface area contributed by atoms with E-state index < -0.39 is 11.7 Å². The molecule has 0 fully saturated rings. The summed E-state index contributed by atoms with van der Waals surface area (Å²) < 4.78 is 5.19. The van der Waals surface area contributed by atoms with Crippen LogP contribution in [-0.2, 0) is 9.53 Å². The van der Waals surface area contributed by atoms with Crippen molar-refractivity contribution in [2.24, 2.45) is 0 Å². The topological polar surface area (TPSA) is 99.8 Å². The standard InChI is InChI=1S/C32H37ClN4O4/c1-20-18-28(36-26-13-11-25(33)12-14-26)27-19-24(10-15-29(27)37(20)21(2)38)22-6-8-23(9-7-22)30(39)34-16-17-35-31(40)41-32(3,4)5/h6-15,19-20,28,36H,16-18H2,1-5H3,(H,34,39)(H,35,40). The lowest BCUT2D eigenvalue weighted by Crippen LogP contribution is -2.43. The smallest absolute Gasteiger partial charge is 0.407 e. The van der Waals surface area contributed by atoms with Gasteiger partial charge in [0.15, 0.2) is 0 Å². The molecule has 3 N–H and O–H groups in total. The van der Waals surface area contributed by atoms with Crippen molar-refractivity contribution in [3.05, 3.63) is 82.9 Å². The van der Waals surface area contributed by atoms with Gasteiger partial charge in [-0.2, -0.15) is 0 Å². The summed E-state index contributed by atoms with van der Waals surface area (Å²) in [6.45, 7) is 9.57. The van der Waals surface area contributed by atoms with Crippen LogP contribution < -0.4 is 20.9 Å². The number of hydrogen-bond acceptors (Lipinski definition) is 5. The first-order valence-corrected chi connectivity index (χ1v) is 14.1. The molecule has 3 amide bonds. The number of rotatable bonds is 7. The summed E-state index contributed by atoms with van der Waals surface area (Å²) in [4.78, 5) is 38.8. The Morgan fingerprint density at radius 3 is 2.20 bits per heavy atom. The average molecular weight is 577 g/mol. The van der Waals surface area contributed by atoms with Crippen LogP contribution in [0.25, 0.3) is 11.1 Å². The number of benzene rings is 3. The number of carbonyl (C=O) groups is 3. The molecule has 1 aliphatic rings. The van der Waals surface area contributed by atoms with Gasteiger partial charge in [-0.1, -0.05) is 29.8 Å². The summed E-state index contributed by atoms with van der Waals surface area (Å²) in [6, 6.07) is 21.1. The minimum Gasteiger partial charge on any atom is -0.444 e. The summed E-state index contributed by atoms with van der Waals surface area (Å²) in [7, 11) is 0. The molecule has 0 saturated carbocycles. The van der Waals surface area contributed by atoms with Crippen molar-refractivity contribution >= 4 is 40.9 Å². The van der Waals surface area contributed by atoms with Gasteiger partial charge in [-0.15, -0.1) is 0 Å². The molecule has 0 aromatic heterocycles. The summed E-state index contributed by atoms with van der Waals surface area (Å²) >= 11 is 6.08. The molecular weight excluding hydrogens is 540 g/mol. The van der Waals surface area contributed by atoms with E-state index in [1.807, 2.05) is 53.4 Å². The van der Waals surface area contributed by atoms with Crippen molar-refractivity contribution < 1.29 is 19.1 Å². The van der Waals surface area contributed by atoms with Crippen LogP contribution in [0.5, 0.6) is 0 Å². The zero-order valence-electron chi connectivity index (χ0n) is 24.1. The van der Waals surface area contributed by atoms with Gasteiger partial charge in [0.1, 0.15) is 5.60 Å². The Labute approximate surface area is 246 Å². The third-order valence-electron chi connectivity index (χ3n) is 6.76. The van der Waals surface area contributed by atoms with Gasteiger partial charge >= 0.3 is 6.09 Å². The van der Waals surface area contributed by atoms with Gasteiger partial charge in [0, 0.05) is 48.0 Å². The quantitative estimate of drug-likeness (QED) is 0.277. The Morgan fingerprint density at radius 1 is 0.927 bits per heavy atom. The second kappa shape index (κ2) is 12.6. The lowest BCUT2D eigenvalue weighted by Gasteiger charge is -2.39.